The van der Waals surface area contributed by atoms with E-state index in [4.69, 9.17) is 16.3 Å². The van der Waals surface area contributed by atoms with Crippen molar-refractivity contribution in [1.29, 1.82) is 0 Å². The smallest absolute Gasteiger partial charge is 0.226 e. The van der Waals surface area contributed by atoms with Crippen LogP contribution in [0.4, 0.5) is 4.39 Å². The first-order chi connectivity index (χ1) is 10.9. The van der Waals surface area contributed by atoms with Crippen LogP contribution in [0.2, 0.25) is 5.02 Å². The molecule has 6 heteroatoms. The largest absolute Gasteiger partial charge is 0.392 e. The highest BCUT2D eigenvalue weighted by Gasteiger charge is 2.56. The van der Waals surface area contributed by atoms with E-state index in [0.717, 1.165) is 12.8 Å². The lowest BCUT2D eigenvalue weighted by Gasteiger charge is -2.56. The molecule has 1 N–H and O–H groups in total. The zero-order chi connectivity index (χ0) is 16.6. The third kappa shape index (κ3) is 3.10. The molecule has 0 unspecified atom stereocenters. The molecule has 2 atom stereocenters. The summed E-state index contributed by atoms with van der Waals surface area (Å²) in [7, 11) is 1.67. The molecule has 0 aromatic heterocycles. The average Bonchev–Trinajstić information content (AvgIpc) is 2.51. The van der Waals surface area contributed by atoms with E-state index in [9.17, 15) is 14.3 Å². The van der Waals surface area contributed by atoms with Crippen molar-refractivity contribution >= 4 is 17.5 Å². The highest BCUT2D eigenvalue weighted by molar-refractivity contribution is 6.30. The van der Waals surface area contributed by atoms with Gasteiger partial charge in [-0.2, -0.15) is 0 Å². The highest BCUT2D eigenvalue weighted by Crippen LogP contribution is 2.50. The Morgan fingerprint density at radius 1 is 1.43 bits per heavy atom. The zero-order valence-electron chi connectivity index (χ0n) is 13.1. The molecule has 1 aliphatic carbocycles. The normalized spacial score (nSPS) is 26.2. The molecule has 1 saturated carbocycles. The van der Waals surface area contributed by atoms with E-state index in [0.29, 0.717) is 30.1 Å². The second-order valence-corrected chi connectivity index (χ2v) is 6.98. The predicted molar refractivity (Wildman–Crippen MR) is 84.8 cm³/mol. The van der Waals surface area contributed by atoms with Crippen LogP contribution in [0.3, 0.4) is 0 Å². The van der Waals surface area contributed by atoms with E-state index < -0.39 is 5.82 Å². The van der Waals surface area contributed by atoms with Crippen LogP contribution < -0.4 is 0 Å². The number of carbonyl (C=O) groups excluding carboxylic acids is 1. The van der Waals surface area contributed by atoms with Crippen molar-refractivity contribution in [3.63, 3.8) is 0 Å². The van der Waals surface area contributed by atoms with Crippen LogP contribution in [0.1, 0.15) is 24.8 Å². The van der Waals surface area contributed by atoms with Gasteiger partial charge in [0.05, 0.1) is 18.6 Å². The molecule has 2 aliphatic rings. The Morgan fingerprint density at radius 2 is 2.13 bits per heavy atom. The molecule has 1 amide bonds. The molecular weight excluding hydrogens is 321 g/mol. The number of aliphatic hydroxyl groups is 1. The monoisotopic (exact) mass is 341 g/mol. The maximum absolute atomic E-state index is 13.3. The summed E-state index contributed by atoms with van der Waals surface area (Å²) >= 11 is 5.82. The number of methoxy groups -OCH3 is 1. The number of ether oxygens (including phenoxy) is 1. The summed E-state index contributed by atoms with van der Waals surface area (Å²) in [6.45, 7) is 1.19. The first kappa shape index (κ1) is 16.7. The minimum atomic E-state index is -0.432. The lowest BCUT2D eigenvalue weighted by Crippen LogP contribution is -2.62. The fourth-order valence-electron chi connectivity index (χ4n) is 3.88. The Morgan fingerprint density at radius 3 is 2.70 bits per heavy atom. The quantitative estimate of drug-likeness (QED) is 0.918. The maximum Gasteiger partial charge on any atom is 0.226 e. The van der Waals surface area contributed by atoms with Crippen molar-refractivity contribution in [2.45, 2.75) is 37.9 Å². The van der Waals surface area contributed by atoms with Gasteiger partial charge >= 0.3 is 0 Å². The zero-order valence-corrected chi connectivity index (χ0v) is 13.9. The van der Waals surface area contributed by atoms with Crippen molar-refractivity contribution in [1.82, 2.24) is 4.90 Å². The number of rotatable bonds is 3. The minimum Gasteiger partial charge on any atom is -0.392 e. The minimum absolute atomic E-state index is 0.0377. The van der Waals surface area contributed by atoms with Gasteiger partial charge in [0.25, 0.3) is 0 Å². The predicted octanol–water partition coefficient (Wildman–Crippen LogP) is 2.41. The van der Waals surface area contributed by atoms with E-state index in [1.54, 1.807) is 18.1 Å². The molecule has 1 saturated heterocycles. The van der Waals surface area contributed by atoms with Crippen molar-refractivity contribution < 1.29 is 19.0 Å². The van der Waals surface area contributed by atoms with Crippen LogP contribution in [-0.2, 0) is 16.0 Å². The number of nitrogens with zero attached hydrogens (tertiary/aromatic N) is 1. The molecule has 3 rings (SSSR count). The topological polar surface area (TPSA) is 49.8 Å². The van der Waals surface area contributed by atoms with Gasteiger partial charge in [-0.25, -0.2) is 4.39 Å². The van der Waals surface area contributed by atoms with Crippen molar-refractivity contribution in [2.75, 3.05) is 20.2 Å². The summed E-state index contributed by atoms with van der Waals surface area (Å²) in [4.78, 5) is 14.2. The van der Waals surface area contributed by atoms with Gasteiger partial charge in [0.2, 0.25) is 5.91 Å². The van der Waals surface area contributed by atoms with Crippen LogP contribution >= 0.6 is 11.6 Å². The third-order valence-electron chi connectivity index (χ3n) is 5.35. The Bertz CT molecular complexity index is 581. The van der Waals surface area contributed by atoms with Gasteiger partial charge in [-0.3, -0.25) is 4.79 Å². The molecule has 1 aromatic rings. The second kappa shape index (κ2) is 6.38. The second-order valence-electron chi connectivity index (χ2n) is 6.54. The first-order valence-corrected chi connectivity index (χ1v) is 8.26. The molecule has 0 bridgehead atoms. The first-order valence-electron chi connectivity index (χ1n) is 7.88. The van der Waals surface area contributed by atoms with E-state index in [1.807, 2.05) is 0 Å². The summed E-state index contributed by atoms with van der Waals surface area (Å²) in [6, 6.07) is 4.18. The van der Waals surface area contributed by atoms with Gasteiger partial charge in [-0.05, 0) is 36.6 Å². The molecule has 4 nitrogen and oxygen atoms in total. The van der Waals surface area contributed by atoms with Crippen LogP contribution in [-0.4, -0.2) is 48.3 Å². The van der Waals surface area contributed by atoms with Gasteiger partial charge < -0.3 is 14.7 Å². The Hall–Kier alpha value is -1.17. The molecular formula is C17H21ClFNO3. The number of amides is 1. The molecule has 1 aliphatic heterocycles. The summed E-state index contributed by atoms with van der Waals surface area (Å²) < 4.78 is 18.8. The fourth-order valence-corrected chi connectivity index (χ4v) is 4.13. The van der Waals surface area contributed by atoms with Gasteiger partial charge in [0, 0.05) is 37.1 Å². The lowest BCUT2D eigenvalue weighted by molar-refractivity contribution is -0.202. The Kier molecular flexibility index (Phi) is 4.63. The van der Waals surface area contributed by atoms with Crippen molar-refractivity contribution in [2.24, 2.45) is 5.41 Å². The van der Waals surface area contributed by atoms with Gasteiger partial charge in [-0.15, -0.1) is 0 Å². The van der Waals surface area contributed by atoms with Crippen LogP contribution in [0, 0.1) is 11.2 Å². The van der Waals surface area contributed by atoms with Gasteiger partial charge in [-0.1, -0.05) is 11.6 Å². The van der Waals surface area contributed by atoms with Crippen LogP contribution in [0.15, 0.2) is 18.2 Å². The van der Waals surface area contributed by atoms with Crippen LogP contribution in [0.25, 0.3) is 0 Å². The van der Waals surface area contributed by atoms with Crippen molar-refractivity contribution in [3.8, 4) is 0 Å². The summed E-state index contributed by atoms with van der Waals surface area (Å²) in [5.41, 5.74) is 0.381. The molecule has 126 valence electrons. The van der Waals surface area contributed by atoms with Gasteiger partial charge in [0.1, 0.15) is 5.82 Å². The van der Waals surface area contributed by atoms with E-state index in [1.165, 1.54) is 12.1 Å². The van der Waals surface area contributed by atoms with Crippen molar-refractivity contribution in [3.05, 3.63) is 34.6 Å². The SMILES string of the molecule is CO[C@H]1C[C@@H](O)C12CCN(C(=O)Cc1cc(F)cc(Cl)c1)CC2. The molecule has 23 heavy (non-hydrogen) atoms. The van der Waals surface area contributed by atoms with E-state index in [2.05, 4.69) is 0 Å². The number of hydrogen-bond acceptors (Lipinski definition) is 3. The fraction of sp³-hybridized carbons (Fsp3) is 0.588. The number of piperidine rings is 1. The molecule has 1 aromatic carbocycles. The summed E-state index contributed by atoms with van der Waals surface area (Å²) in [6.07, 6.45) is 2.03. The standard InChI is InChI=1S/C17H21ClFNO3/c1-23-15-10-14(21)17(15)2-4-20(5-3-17)16(22)8-11-6-12(18)9-13(19)7-11/h6-7,9,14-15,21H,2-5,8,10H2,1H3/t14-,15+/m1/s1. The number of benzene rings is 1. The van der Waals surface area contributed by atoms with Crippen LogP contribution in [0.5, 0.6) is 0 Å². The number of aliphatic hydroxyl groups excluding tert-OH is 1. The average molecular weight is 342 g/mol. The molecule has 1 heterocycles. The molecule has 2 fully saturated rings. The summed E-state index contributed by atoms with van der Waals surface area (Å²) in [5, 5.41) is 10.4. The Labute approximate surface area is 140 Å². The highest BCUT2D eigenvalue weighted by atomic mass is 35.5. The number of hydrogen-bond donors (Lipinski definition) is 1. The Balaban J connectivity index is 1.60. The number of likely N-dealkylation sites (tertiary alicyclic amines) is 1. The number of halogens is 2. The summed E-state index contributed by atoms with van der Waals surface area (Å²) in [5.74, 6) is -0.470. The molecule has 1 spiro atoms. The van der Waals surface area contributed by atoms with E-state index in [-0.39, 0.29) is 30.0 Å². The number of carbonyl (C=O) groups is 1. The third-order valence-corrected chi connectivity index (χ3v) is 5.57. The molecule has 0 radical (unpaired) electrons. The van der Waals surface area contributed by atoms with E-state index >= 15 is 0 Å². The maximum atomic E-state index is 13.3. The lowest BCUT2D eigenvalue weighted by atomic mass is 9.58. The van der Waals surface area contributed by atoms with Gasteiger partial charge in [0.15, 0.2) is 0 Å².